The third-order valence-electron chi connectivity index (χ3n) is 9.33. The number of nitrogens with one attached hydrogen (secondary N) is 2. The van der Waals surface area contributed by atoms with E-state index in [1.54, 1.807) is 28.4 Å². The summed E-state index contributed by atoms with van der Waals surface area (Å²) in [4.78, 5) is 24.5. The first-order valence-electron chi connectivity index (χ1n) is 16.7. The molecular formula is C42H32N6O4. The number of benzene rings is 3. The van der Waals surface area contributed by atoms with E-state index in [0.29, 0.717) is 50.1 Å². The largest absolute Gasteiger partial charge is 0.594 e. The molecule has 254 valence electrons. The van der Waals surface area contributed by atoms with Crippen LogP contribution in [0.15, 0.2) is 114 Å². The van der Waals surface area contributed by atoms with Gasteiger partial charge in [-0.3, -0.25) is 5.32 Å². The van der Waals surface area contributed by atoms with Crippen molar-refractivity contribution in [3.05, 3.63) is 147 Å². The number of nitrogens with zero attached hydrogens (tertiary/aromatic N) is 4. The van der Waals surface area contributed by atoms with Crippen LogP contribution in [0.1, 0.15) is 0 Å². The number of aliphatic imine (C=N–C) groups is 1. The van der Waals surface area contributed by atoms with Gasteiger partial charge in [-0.05, 0) is 77.2 Å². The number of hydrogen-bond acceptors (Lipinski definition) is 8. The Bertz CT molecular complexity index is 2870. The van der Waals surface area contributed by atoms with E-state index in [2.05, 4.69) is 22.4 Å². The summed E-state index contributed by atoms with van der Waals surface area (Å²) >= 11 is 0. The predicted molar refractivity (Wildman–Crippen MR) is 200 cm³/mol. The highest BCUT2D eigenvalue weighted by atomic mass is 16.5. The molecular weight excluding hydrogens is 652 g/mol. The van der Waals surface area contributed by atoms with E-state index in [-0.39, 0.29) is 0 Å². The third kappa shape index (κ3) is 5.37. The summed E-state index contributed by atoms with van der Waals surface area (Å²) in [6, 6.07) is 23.7. The quantitative estimate of drug-likeness (QED) is 0.226. The molecule has 3 aromatic heterocycles. The SMILES string of the molecule is COc1cc(OC)cc(-c2ccc(-c3cc(OC)cc(OC)c3)c3nc4c(nc23)=c2ccc([n-]2)=C2[CH+]C=C(C=CC3=NC(=c5ccc=4[nH]5)C=C3)N2)c1. The van der Waals surface area contributed by atoms with Crippen LogP contribution < -0.4 is 39.9 Å². The summed E-state index contributed by atoms with van der Waals surface area (Å²) in [5.74, 6) is 2.64. The molecule has 3 aliphatic heterocycles. The molecule has 0 amide bonds. The molecule has 0 spiro atoms. The maximum absolute atomic E-state index is 5.67. The highest BCUT2D eigenvalue weighted by Gasteiger charge is 2.18. The molecule has 0 atom stereocenters. The van der Waals surface area contributed by atoms with Crippen molar-refractivity contribution in [2.45, 2.75) is 0 Å². The summed E-state index contributed by atoms with van der Waals surface area (Å²) in [7, 11) is 6.56. The van der Waals surface area contributed by atoms with Gasteiger partial charge < -0.3 is 28.9 Å². The van der Waals surface area contributed by atoms with Crippen LogP contribution in [0.4, 0.5) is 0 Å². The fraction of sp³-hybridized carbons (Fsp3) is 0.0952. The molecule has 6 heterocycles. The first-order valence-corrected chi connectivity index (χ1v) is 16.7. The average Bonchev–Trinajstić information content (AvgIpc) is 4.02. The lowest BCUT2D eigenvalue weighted by Gasteiger charge is -2.14. The van der Waals surface area contributed by atoms with Crippen molar-refractivity contribution in [3.8, 4) is 45.3 Å². The van der Waals surface area contributed by atoms with E-state index >= 15 is 0 Å². The van der Waals surface area contributed by atoms with Crippen LogP contribution in [0.2, 0.25) is 0 Å². The fourth-order valence-electron chi connectivity index (χ4n) is 6.67. The normalized spacial score (nSPS) is 14.1. The van der Waals surface area contributed by atoms with Crippen LogP contribution in [0.5, 0.6) is 23.0 Å². The molecule has 2 N–H and O–H groups in total. The molecule has 0 fully saturated rings. The maximum atomic E-state index is 5.67. The Balaban J connectivity index is 1.47. The smallest absolute Gasteiger partial charge is 0.149 e. The second-order valence-electron chi connectivity index (χ2n) is 12.4. The fourth-order valence-corrected chi connectivity index (χ4v) is 6.67. The molecule has 10 nitrogen and oxygen atoms in total. The molecule has 3 aromatic carbocycles. The van der Waals surface area contributed by atoms with Crippen molar-refractivity contribution >= 4 is 28.1 Å². The predicted octanol–water partition coefficient (Wildman–Crippen LogP) is 5.35. The average molecular weight is 685 g/mol. The van der Waals surface area contributed by atoms with Crippen molar-refractivity contribution in [1.29, 1.82) is 0 Å². The minimum Gasteiger partial charge on any atom is -0.594 e. The Morgan fingerprint density at radius 1 is 0.596 bits per heavy atom. The lowest BCUT2D eigenvalue weighted by atomic mass is 9.96. The maximum Gasteiger partial charge on any atom is 0.149 e. The van der Waals surface area contributed by atoms with Crippen LogP contribution in [-0.2, 0) is 0 Å². The molecule has 0 unspecified atom stereocenters. The summed E-state index contributed by atoms with van der Waals surface area (Å²) in [6.45, 7) is 0. The molecule has 6 aromatic rings. The van der Waals surface area contributed by atoms with Crippen molar-refractivity contribution in [2.75, 3.05) is 28.4 Å². The van der Waals surface area contributed by atoms with Crippen LogP contribution in [0.25, 0.3) is 44.7 Å². The van der Waals surface area contributed by atoms with Gasteiger partial charge in [0.2, 0.25) is 0 Å². The molecule has 0 radical (unpaired) electrons. The molecule has 0 saturated heterocycles. The van der Waals surface area contributed by atoms with Gasteiger partial charge in [-0.2, -0.15) is 0 Å². The van der Waals surface area contributed by atoms with Crippen molar-refractivity contribution in [2.24, 2.45) is 4.99 Å². The number of hydrogen-bond donors (Lipinski definition) is 2. The Hall–Kier alpha value is -6.94. The Kier molecular flexibility index (Phi) is 7.43. The first-order chi connectivity index (χ1) is 25.5. The Morgan fingerprint density at radius 3 is 1.81 bits per heavy atom. The number of fused-ring (bicyclic) bond motifs is 9. The molecule has 3 aliphatic rings. The second kappa shape index (κ2) is 12.4. The van der Waals surface area contributed by atoms with Gasteiger partial charge >= 0.3 is 0 Å². The van der Waals surface area contributed by atoms with Gasteiger partial charge in [0, 0.05) is 29.3 Å². The topological polar surface area (TPSA) is 117 Å². The minimum absolute atomic E-state index is 0.624. The van der Waals surface area contributed by atoms with Crippen molar-refractivity contribution in [3.63, 3.8) is 0 Å². The zero-order chi connectivity index (χ0) is 35.3. The summed E-state index contributed by atoms with van der Waals surface area (Å²) < 4.78 is 22.7. The number of allylic oxidation sites excluding steroid dienone is 3. The highest BCUT2D eigenvalue weighted by molar-refractivity contribution is 6.10. The lowest BCUT2D eigenvalue weighted by molar-refractivity contribution is 0.394. The van der Waals surface area contributed by atoms with E-state index < -0.39 is 0 Å². The number of aromatic nitrogens is 4. The van der Waals surface area contributed by atoms with E-state index in [4.69, 9.17) is 38.9 Å². The lowest BCUT2D eigenvalue weighted by Crippen LogP contribution is -2.17. The number of H-pyrrole nitrogens is 1. The Morgan fingerprint density at radius 2 is 1.17 bits per heavy atom. The van der Waals surface area contributed by atoms with E-state index in [1.807, 2.05) is 97.5 Å². The molecule has 0 aliphatic carbocycles. The molecule has 8 bridgehead atoms. The van der Waals surface area contributed by atoms with Gasteiger partial charge in [0.15, 0.2) is 0 Å². The second-order valence-corrected chi connectivity index (χ2v) is 12.4. The highest BCUT2D eigenvalue weighted by Crippen LogP contribution is 2.38. The van der Waals surface area contributed by atoms with Crippen LogP contribution in [0.3, 0.4) is 0 Å². The third-order valence-corrected chi connectivity index (χ3v) is 9.33. The van der Waals surface area contributed by atoms with Crippen molar-refractivity contribution < 1.29 is 18.9 Å². The van der Waals surface area contributed by atoms with Gasteiger partial charge in [0.25, 0.3) is 0 Å². The van der Waals surface area contributed by atoms with Crippen molar-refractivity contribution in [1.82, 2.24) is 25.3 Å². The van der Waals surface area contributed by atoms with Crippen LogP contribution in [0, 0.1) is 27.8 Å². The van der Waals surface area contributed by atoms with E-state index in [1.165, 1.54) is 0 Å². The van der Waals surface area contributed by atoms with Gasteiger partial charge in [0.05, 0.1) is 79.4 Å². The first kappa shape index (κ1) is 31.1. The van der Waals surface area contributed by atoms with Crippen LogP contribution in [-0.4, -0.2) is 49.1 Å². The standard InChI is InChI=1S/C42H32N6O4/c1-49-27-17-23(18-28(21-27)50-2)31-9-10-32(24-19-29(51-3)22-30(20-24)52-4)40-39(31)47-41-37-15-13-35(45-37)33-11-7-25(43-33)5-6-26-8-12-34(44-26)36-14-16-38(46-36)42(41)48-40/h5-22,43,46H,1-4H3. The van der Waals surface area contributed by atoms with Crippen LogP contribution >= 0.6 is 0 Å². The molecule has 9 rings (SSSR count). The summed E-state index contributed by atoms with van der Waals surface area (Å²) in [5, 5.41) is 7.87. The van der Waals surface area contributed by atoms with Gasteiger partial charge in [-0.15, -0.1) is 0 Å². The number of methoxy groups -OCH3 is 4. The monoisotopic (exact) mass is 684 g/mol. The number of ether oxygens (including phenoxy) is 4. The minimum atomic E-state index is 0.624. The zero-order valence-electron chi connectivity index (χ0n) is 28.8. The van der Waals surface area contributed by atoms with E-state index in [0.717, 1.165) is 61.1 Å². The van der Waals surface area contributed by atoms with E-state index in [9.17, 15) is 0 Å². The summed E-state index contributed by atoms with van der Waals surface area (Å²) in [6.07, 6.45) is 12.1. The molecule has 52 heavy (non-hydrogen) atoms. The summed E-state index contributed by atoms with van der Waals surface area (Å²) in [5.41, 5.74) is 8.31. The zero-order valence-corrected chi connectivity index (χ0v) is 28.8. The van der Waals surface area contributed by atoms with Gasteiger partial charge in [0.1, 0.15) is 39.7 Å². The molecule has 10 heteroatoms. The number of rotatable bonds is 6. The Labute approximate surface area is 297 Å². The number of aromatic amines is 1. The van der Waals surface area contributed by atoms with Gasteiger partial charge in [-0.1, -0.05) is 23.5 Å². The van der Waals surface area contributed by atoms with Gasteiger partial charge in [-0.25, -0.2) is 15.0 Å². The molecule has 0 saturated carbocycles.